The zero-order valence-corrected chi connectivity index (χ0v) is 18.3. The zero-order valence-electron chi connectivity index (χ0n) is 18.3. The van der Waals surface area contributed by atoms with Crippen LogP contribution in [0.15, 0.2) is 48.9 Å². The van der Waals surface area contributed by atoms with Gasteiger partial charge in [0.2, 0.25) is 11.8 Å². The summed E-state index contributed by atoms with van der Waals surface area (Å²) in [5.41, 5.74) is 3.75. The minimum absolute atomic E-state index is 0.0157. The Bertz CT molecular complexity index is 858. The Hall–Kier alpha value is -3.33. The molecule has 2 aromatic rings. The Morgan fingerprint density at radius 2 is 1.74 bits per heavy atom. The van der Waals surface area contributed by atoms with Gasteiger partial charge < -0.3 is 10.6 Å². The second-order valence-electron chi connectivity index (χ2n) is 7.77. The fourth-order valence-electron chi connectivity index (χ4n) is 2.98. The highest BCUT2D eigenvalue weighted by atomic mass is 16.2. The lowest BCUT2D eigenvalue weighted by Gasteiger charge is -2.24. The molecule has 0 saturated carbocycles. The van der Waals surface area contributed by atoms with Crippen LogP contribution in [0.4, 0.5) is 0 Å². The quantitative estimate of drug-likeness (QED) is 0.484. The molecule has 1 heterocycles. The first-order valence-corrected chi connectivity index (χ1v) is 10.1. The largest absolute Gasteiger partial charge is 0.353 e. The Morgan fingerprint density at radius 1 is 1.03 bits per heavy atom. The van der Waals surface area contributed by atoms with Gasteiger partial charge in [0.1, 0.15) is 11.7 Å². The number of benzene rings is 1. The predicted octanol–water partition coefficient (Wildman–Crippen LogP) is 0.799. The van der Waals surface area contributed by atoms with E-state index in [0.717, 1.165) is 5.56 Å². The van der Waals surface area contributed by atoms with Crippen LogP contribution in [0.2, 0.25) is 0 Å². The molecule has 0 aliphatic rings. The van der Waals surface area contributed by atoms with Gasteiger partial charge in [-0.3, -0.25) is 24.8 Å². The van der Waals surface area contributed by atoms with Crippen molar-refractivity contribution >= 4 is 17.7 Å². The molecule has 0 aliphatic heterocycles. The van der Waals surface area contributed by atoms with E-state index in [1.165, 1.54) is 18.6 Å². The summed E-state index contributed by atoms with van der Waals surface area (Å²) in [5.74, 6) is -1.44. The maximum Gasteiger partial charge on any atom is 0.272 e. The van der Waals surface area contributed by atoms with Crippen molar-refractivity contribution < 1.29 is 14.4 Å². The molecule has 9 heteroatoms. The molecule has 0 bridgehead atoms. The third-order valence-electron chi connectivity index (χ3n) is 4.67. The van der Waals surface area contributed by atoms with Gasteiger partial charge in [0, 0.05) is 39.5 Å². The van der Waals surface area contributed by atoms with Gasteiger partial charge in [-0.05, 0) is 11.5 Å². The number of rotatable bonds is 10. The van der Waals surface area contributed by atoms with E-state index in [0.29, 0.717) is 6.42 Å². The lowest BCUT2D eigenvalue weighted by molar-refractivity contribution is -0.130. The number of nitrogens with zero attached hydrogens (tertiary/aromatic N) is 3. The van der Waals surface area contributed by atoms with E-state index in [1.54, 1.807) is 19.1 Å². The third kappa shape index (κ3) is 7.78. The van der Waals surface area contributed by atoms with E-state index >= 15 is 0 Å². The van der Waals surface area contributed by atoms with E-state index in [2.05, 4.69) is 26.0 Å². The topological polar surface area (TPSA) is 116 Å². The minimum Gasteiger partial charge on any atom is -0.353 e. The molecule has 2 rings (SSSR count). The molecular formula is C22H30N6O3. The van der Waals surface area contributed by atoms with Crippen LogP contribution in [0, 0.1) is 11.8 Å². The first-order valence-electron chi connectivity index (χ1n) is 10.1. The molecule has 9 nitrogen and oxygen atoms in total. The number of hydrazine groups is 1. The molecule has 2 atom stereocenters. The number of amides is 3. The number of hydrogen-bond donors (Lipinski definition) is 3. The van der Waals surface area contributed by atoms with Crippen molar-refractivity contribution in [1.82, 2.24) is 31.0 Å². The molecule has 1 aromatic heterocycles. The molecular weight excluding hydrogens is 396 g/mol. The van der Waals surface area contributed by atoms with Crippen LogP contribution in [-0.2, 0) is 16.0 Å². The maximum absolute atomic E-state index is 13.0. The van der Waals surface area contributed by atoms with E-state index in [-0.39, 0.29) is 30.0 Å². The van der Waals surface area contributed by atoms with Crippen LogP contribution < -0.4 is 16.1 Å². The predicted molar refractivity (Wildman–Crippen MR) is 117 cm³/mol. The van der Waals surface area contributed by atoms with Crippen molar-refractivity contribution in [2.24, 2.45) is 11.8 Å². The normalized spacial score (nSPS) is 12.8. The smallest absolute Gasteiger partial charge is 0.272 e. The van der Waals surface area contributed by atoms with Crippen LogP contribution in [0.5, 0.6) is 0 Å². The maximum atomic E-state index is 13.0. The van der Waals surface area contributed by atoms with E-state index in [4.69, 9.17) is 0 Å². The van der Waals surface area contributed by atoms with Gasteiger partial charge in [0.15, 0.2) is 0 Å². The molecule has 3 N–H and O–H groups in total. The lowest BCUT2D eigenvalue weighted by Crippen LogP contribution is -2.51. The Balaban J connectivity index is 2.11. The van der Waals surface area contributed by atoms with Crippen LogP contribution in [0.3, 0.4) is 0 Å². The van der Waals surface area contributed by atoms with Crippen molar-refractivity contribution in [3.05, 3.63) is 60.2 Å². The van der Waals surface area contributed by atoms with Gasteiger partial charge >= 0.3 is 0 Å². The van der Waals surface area contributed by atoms with E-state index in [1.807, 2.05) is 44.2 Å². The average molecular weight is 427 g/mol. The summed E-state index contributed by atoms with van der Waals surface area (Å²) in [6.07, 6.45) is 4.52. The Morgan fingerprint density at radius 3 is 2.32 bits per heavy atom. The molecule has 0 spiro atoms. The summed E-state index contributed by atoms with van der Waals surface area (Å²) in [7, 11) is 3.46. The van der Waals surface area contributed by atoms with Crippen molar-refractivity contribution in [3.63, 3.8) is 0 Å². The summed E-state index contributed by atoms with van der Waals surface area (Å²) >= 11 is 0. The average Bonchev–Trinajstić information content (AvgIpc) is 2.73. The van der Waals surface area contributed by atoms with Crippen molar-refractivity contribution in [3.8, 4) is 0 Å². The number of carbonyl (C=O) groups is 3. The van der Waals surface area contributed by atoms with Gasteiger partial charge in [-0.2, -0.15) is 0 Å². The number of carbonyl (C=O) groups excluding carboxylic acids is 3. The minimum atomic E-state index is -0.832. The molecule has 0 aliphatic carbocycles. The summed E-state index contributed by atoms with van der Waals surface area (Å²) in [6.45, 7) is 4.00. The van der Waals surface area contributed by atoms with E-state index < -0.39 is 17.9 Å². The molecule has 0 radical (unpaired) electrons. The van der Waals surface area contributed by atoms with Crippen LogP contribution in [0.25, 0.3) is 0 Å². The molecule has 0 saturated heterocycles. The number of nitrogens with one attached hydrogen (secondary N) is 3. The van der Waals surface area contributed by atoms with Gasteiger partial charge in [-0.15, -0.1) is 0 Å². The first-order chi connectivity index (χ1) is 14.8. The van der Waals surface area contributed by atoms with Gasteiger partial charge in [0.25, 0.3) is 5.91 Å². The fraction of sp³-hybridized carbons (Fsp3) is 0.409. The van der Waals surface area contributed by atoms with Gasteiger partial charge in [-0.1, -0.05) is 44.2 Å². The molecule has 166 valence electrons. The molecule has 2 unspecified atom stereocenters. The molecule has 3 amide bonds. The highest BCUT2D eigenvalue weighted by molar-refractivity contribution is 5.96. The van der Waals surface area contributed by atoms with Crippen molar-refractivity contribution in [1.29, 1.82) is 0 Å². The van der Waals surface area contributed by atoms with Crippen LogP contribution in [-0.4, -0.2) is 59.4 Å². The van der Waals surface area contributed by atoms with Crippen LogP contribution in [0.1, 0.15) is 29.9 Å². The summed E-state index contributed by atoms with van der Waals surface area (Å²) < 4.78 is 0. The van der Waals surface area contributed by atoms with Crippen LogP contribution >= 0.6 is 0 Å². The number of hydrogen-bond acceptors (Lipinski definition) is 6. The number of aromatic nitrogens is 2. The second kappa shape index (κ2) is 11.8. The highest BCUT2D eigenvalue weighted by Crippen LogP contribution is 2.11. The summed E-state index contributed by atoms with van der Waals surface area (Å²) in [4.78, 5) is 45.9. The lowest BCUT2D eigenvalue weighted by atomic mass is 9.94. The molecule has 31 heavy (non-hydrogen) atoms. The van der Waals surface area contributed by atoms with Gasteiger partial charge in [-0.25, -0.2) is 9.99 Å². The monoisotopic (exact) mass is 426 g/mol. The Labute approximate surface area is 182 Å². The van der Waals surface area contributed by atoms with Gasteiger partial charge in [0.05, 0.1) is 12.1 Å². The highest BCUT2D eigenvalue weighted by Gasteiger charge is 2.27. The molecule has 1 aromatic carbocycles. The second-order valence-corrected chi connectivity index (χ2v) is 7.77. The first kappa shape index (κ1) is 23.9. The summed E-state index contributed by atoms with van der Waals surface area (Å²) in [6, 6.07) is 8.56. The van der Waals surface area contributed by atoms with Crippen molar-refractivity contribution in [2.45, 2.75) is 26.3 Å². The van der Waals surface area contributed by atoms with E-state index in [9.17, 15) is 14.4 Å². The van der Waals surface area contributed by atoms with Crippen molar-refractivity contribution in [2.75, 3.05) is 20.6 Å². The zero-order chi connectivity index (χ0) is 22.8. The summed E-state index contributed by atoms with van der Waals surface area (Å²) in [5, 5.41) is 7.13. The third-order valence-corrected chi connectivity index (χ3v) is 4.67. The fourth-order valence-corrected chi connectivity index (χ4v) is 2.98. The Kier molecular flexibility index (Phi) is 9.08. The standard InChI is InChI=1S/C22H30N6O3/c1-15(2)17(20(29)27-28(3)4)13-25-21(30)18(12-16-8-6-5-7-9-16)26-22(31)19-14-23-10-11-24-19/h5-11,14-15,17-18H,12-13H2,1-4H3,(H,25,30)(H,26,31)(H,27,29). The molecule has 0 fully saturated rings. The SMILES string of the molecule is CC(C)C(CNC(=O)C(Cc1ccccc1)NC(=O)c1cnccn1)C(=O)NN(C)C.